The van der Waals surface area contributed by atoms with Crippen LogP contribution in [0.15, 0.2) is 382 Å². The Bertz CT molecular complexity index is 6890. The van der Waals surface area contributed by atoms with Crippen LogP contribution < -0.4 is 4.90 Å². The van der Waals surface area contributed by atoms with Crippen molar-refractivity contribution in [1.29, 1.82) is 0 Å². The molecule has 6 aliphatic carbocycles. The highest BCUT2D eigenvalue weighted by molar-refractivity contribution is 5.93. The third kappa shape index (κ3) is 12.9. The maximum Gasteiger partial charge on any atom is 0.0462 e. The molecule has 0 aliphatic heterocycles. The van der Waals surface area contributed by atoms with E-state index in [2.05, 4.69) is 424 Å². The van der Waals surface area contributed by atoms with Gasteiger partial charge in [0.05, 0.1) is 0 Å². The molecule has 0 saturated heterocycles. The van der Waals surface area contributed by atoms with E-state index in [1.807, 2.05) is 0 Å². The second-order valence-electron chi connectivity index (χ2n) is 33.9. The lowest BCUT2D eigenvalue weighted by Gasteiger charge is -2.26. The Morgan fingerprint density at radius 3 is 0.595 bits per heavy atom. The average molecular weight is 1540 g/mol. The molecule has 0 N–H and O–H groups in total. The summed E-state index contributed by atoms with van der Waals surface area (Å²) in [7, 11) is 0. The minimum absolute atomic E-state index is 0.950. The van der Waals surface area contributed by atoms with Gasteiger partial charge in [0.1, 0.15) is 0 Å². The van der Waals surface area contributed by atoms with E-state index in [9.17, 15) is 0 Å². The van der Waals surface area contributed by atoms with Crippen LogP contribution in [0.25, 0.3) is 170 Å². The molecule has 0 unspecified atom stereocenters. The summed E-state index contributed by atoms with van der Waals surface area (Å²) in [6, 6.07) is 145. The third-order valence-electron chi connectivity index (χ3n) is 26.5. The lowest BCUT2D eigenvalue weighted by Crippen LogP contribution is -2.09. The maximum absolute atomic E-state index is 2.43. The zero-order chi connectivity index (χ0) is 79.6. The van der Waals surface area contributed by atoms with Crippen LogP contribution in [0.5, 0.6) is 0 Å². The Hall–Kier alpha value is -15.0. The van der Waals surface area contributed by atoms with Gasteiger partial charge < -0.3 is 4.90 Å². The summed E-state index contributed by atoms with van der Waals surface area (Å²) < 4.78 is 0. The van der Waals surface area contributed by atoms with Gasteiger partial charge in [0.25, 0.3) is 0 Å². The number of hydrogen-bond donors (Lipinski definition) is 0. The van der Waals surface area contributed by atoms with Crippen molar-refractivity contribution in [2.45, 2.75) is 38.5 Å². The molecule has 18 aromatic carbocycles. The van der Waals surface area contributed by atoms with Gasteiger partial charge in [0, 0.05) is 17.1 Å². The largest absolute Gasteiger partial charge is 0.311 e. The molecular formula is C120H81N. The van der Waals surface area contributed by atoms with Crippen LogP contribution in [-0.4, -0.2) is 0 Å². The monoisotopic (exact) mass is 1540 g/mol. The maximum atomic E-state index is 2.43. The lowest BCUT2D eigenvalue weighted by molar-refractivity contribution is 1.26. The first kappa shape index (κ1) is 70.2. The molecule has 0 spiro atoms. The first-order valence-electron chi connectivity index (χ1n) is 42.7. The number of benzene rings is 18. The molecule has 0 bridgehead atoms. The topological polar surface area (TPSA) is 3.24 Å². The minimum atomic E-state index is 0.950. The van der Waals surface area contributed by atoms with E-state index in [0.29, 0.717) is 0 Å². The van der Waals surface area contributed by atoms with Gasteiger partial charge in [-0.25, -0.2) is 0 Å². The molecule has 0 heterocycles. The molecule has 0 fully saturated rings. The first-order valence-corrected chi connectivity index (χ1v) is 42.7. The number of fused-ring (bicyclic) bond motifs is 18. The summed E-state index contributed by atoms with van der Waals surface area (Å²) >= 11 is 0. The molecule has 0 aromatic heterocycles. The molecule has 1 heteroatoms. The van der Waals surface area contributed by atoms with Crippen molar-refractivity contribution in [3.05, 3.63) is 482 Å². The number of rotatable bonds is 15. The van der Waals surface area contributed by atoms with E-state index in [0.717, 1.165) is 89.0 Å². The average Bonchev–Trinajstić information content (AvgIpc) is 1.67. The molecule has 6 aliphatic rings. The van der Waals surface area contributed by atoms with Crippen molar-refractivity contribution >= 4 is 53.5 Å². The first-order chi connectivity index (χ1) is 59.8. The van der Waals surface area contributed by atoms with Crippen molar-refractivity contribution in [2.75, 3.05) is 4.90 Å². The highest BCUT2D eigenvalue weighted by atomic mass is 15.1. The van der Waals surface area contributed by atoms with E-state index in [-0.39, 0.29) is 0 Å². The number of hydrogen-bond acceptors (Lipinski definition) is 1. The fourth-order valence-electron chi connectivity index (χ4n) is 20.4. The second kappa shape index (κ2) is 29.0. The highest BCUT2D eigenvalue weighted by Crippen LogP contribution is 2.48. The van der Waals surface area contributed by atoms with E-state index in [1.54, 1.807) is 0 Å². The van der Waals surface area contributed by atoms with Gasteiger partial charge >= 0.3 is 0 Å². The Morgan fingerprint density at radius 2 is 0.331 bits per heavy atom. The Kier molecular flexibility index (Phi) is 16.8. The van der Waals surface area contributed by atoms with Gasteiger partial charge in [-0.15, -0.1) is 0 Å². The molecular weight excluding hydrogens is 1460 g/mol. The number of nitrogens with zero attached hydrogens (tertiary/aromatic N) is 1. The second-order valence-corrected chi connectivity index (χ2v) is 33.9. The van der Waals surface area contributed by atoms with Crippen molar-refractivity contribution in [3.63, 3.8) is 0 Å². The fraction of sp³-hybridized carbons (Fsp3) is 0.0500. The van der Waals surface area contributed by atoms with Gasteiger partial charge in [-0.1, -0.05) is 322 Å². The molecule has 566 valence electrons. The van der Waals surface area contributed by atoms with Crippen LogP contribution >= 0.6 is 0 Å². The van der Waals surface area contributed by atoms with Crippen LogP contribution in [0.2, 0.25) is 0 Å². The molecule has 0 atom stereocenters. The van der Waals surface area contributed by atoms with E-state index >= 15 is 0 Å². The standard InChI is InChI=1S/C120H81N/c1-7-19-109-89(14-1)67-101-61-82(39-50-115(101)109)95-55-79(56-96(72-95)83-40-51-116-102(62-83)68-90-15-2-8-20-110(90)116)28-25-76-31-44-106(45-32-76)121(107-46-33-77(34-47-107)26-29-80-57-97(84-41-52-117-103(63-84)69-91-16-3-9-21-111(91)117)73-98(58-80)85-42-53-118-104(64-85)70-92-17-4-10-22-112(92)118)108-48-35-78(36-49-108)27-30-81-59-99(86-43-54-119-105(65-86)71-93-18-5-11-23-113(93)119)74-100(60-81)87-37-38-94-66-88-13-6-12-24-114(88)120(94)75-87/h1-65,72-75H,66-71H2. The molecule has 0 radical (unpaired) electrons. The zero-order valence-electron chi connectivity index (χ0n) is 67.0. The Balaban J connectivity index is 0.570. The lowest BCUT2D eigenvalue weighted by atomic mass is 9.92. The van der Waals surface area contributed by atoms with Gasteiger partial charge in [-0.3, -0.25) is 0 Å². The molecule has 18 aromatic rings. The van der Waals surface area contributed by atoms with Crippen LogP contribution in [0.4, 0.5) is 17.1 Å². The Morgan fingerprint density at radius 1 is 0.132 bits per heavy atom. The van der Waals surface area contributed by atoms with Crippen LogP contribution in [0.3, 0.4) is 0 Å². The normalized spacial score (nSPS) is 13.0. The van der Waals surface area contributed by atoms with E-state index in [4.69, 9.17) is 0 Å². The summed E-state index contributed by atoms with van der Waals surface area (Å²) in [5.74, 6) is 0. The summed E-state index contributed by atoms with van der Waals surface area (Å²) in [5.41, 5.74) is 57.6. The quantitative estimate of drug-likeness (QED) is 0.0925. The zero-order valence-corrected chi connectivity index (χ0v) is 67.0. The van der Waals surface area contributed by atoms with Gasteiger partial charge in [0.15, 0.2) is 0 Å². The van der Waals surface area contributed by atoms with Crippen LogP contribution in [-0.2, 0) is 38.5 Å². The van der Waals surface area contributed by atoms with Gasteiger partial charge in [-0.05, 0) is 369 Å². The van der Waals surface area contributed by atoms with Crippen molar-refractivity contribution in [3.8, 4) is 134 Å². The molecule has 0 amide bonds. The predicted molar refractivity (Wildman–Crippen MR) is 509 cm³/mol. The molecule has 1 nitrogen and oxygen atoms in total. The molecule has 121 heavy (non-hydrogen) atoms. The molecule has 24 rings (SSSR count). The van der Waals surface area contributed by atoms with Crippen LogP contribution in [0.1, 0.15) is 100 Å². The molecule has 0 saturated carbocycles. The van der Waals surface area contributed by atoms with Crippen molar-refractivity contribution < 1.29 is 0 Å². The van der Waals surface area contributed by atoms with Gasteiger partial charge in [-0.2, -0.15) is 0 Å². The van der Waals surface area contributed by atoms with E-state index in [1.165, 1.54) is 200 Å². The summed E-state index contributed by atoms with van der Waals surface area (Å²) in [5, 5.41) is 0. The minimum Gasteiger partial charge on any atom is -0.311 e. The summed E-state index contributed by atoms with van der Waals surface area (Å²) in [6.45, 7) is 0. The third-order valence-corrected chi connectivity index (χ3v) is 26.5. The fourth-order valence-corrected chi connectivity index (χ4v) is 20.4. The Labute approximate surface area is 707 Å². The smallest absolute Gasteiger partial charge is 0.0462 e. The van der Waals surface area contributed by atoms with Gasteiger partial charge in [0.2, 0.25) is 0 Å². The van der Waals surface area contributed by atoms with Crippen molar-refractivity contribution in [1.82, 2.24) is 0 Å². The van der Waals surface area contributed by atoms with Crippen molar-refractivity contribution in [2.24, 2.45) is 0 Å². The summed E-state index contributed by atoms with van der Waals surface area (Å²) in [4.78, 5) is 2.40. The predicted octanol–water partition coefficient (Wildman–Crippen LogP) is 31.1. The SMILES string of the molecule is C(=Cc1cc(-c2ccc3c(c2)Cc2ccccc2-3)cc(-c2ccc3c(c2)Cc2ccccc2-3)c1)c1ccc(N(c2ccc(C=Cc3cc(-c4ccc5c(c4)Cc4ccccc4-5)cc(-c4ccc5c(c4)Cc4ccccc4-5)c3)cc2)c2ccc(C=Cc3cc(-c4ccc5c(c4)Cc4ccccc4-5)cc(-c4ccc5c(c4)-c4ccccc4C5)c3)cc2)cc1. The van der Waals surface area contributed by atoms with E-state index < -0.39 is 0 Å². The summed E-state index contributed by atoms with van der Waals surface area (Å²) in [6.07, 6.45) is 19.5. The highest BCUT2D eigenvalue weighted by Gasteiger charge is 2.27. The van der Waals surface area contributed by atoms with Crippen LogP contribution in [0, 0.1) is 0 Å². The number of anilines is 3.